The lowest BCUT2D eigenvalue weighted by molar-refractivity contribution is -0.144. The van der Waals surface area contributed by atoms with E-state index in [4.69, 9.17) is 16.2 Å². The van der Waals surface area contributed by atoms with Crippen molar-refractivity contribution in [2.45, 2.75) is 18.9 Å². The molecule has 0 rings (SSSR count). The minimum atomic E-state index is -0.771. The van der Waals surface area contributed by atoms with E-state index in [-0.39, 0.29) is 19.4 Å². The standard InChI is InChI=1S/C7H14N2O3S/c8-5(1-2-6(9)10)7(11)12-3-4-13/h5,13H,1-4,8H2,(H2,9,10)/t5-/m0/s1. The Morgan fingerprint density at radius 3 is 2.54 bits per heavy atom. The molecule has 0 aromatic rings. The first-order valence-corrected chi connectivity index (χ1v) is 4.52. The lowest BCUT2D eigenvalue weighted by Crippen LogP contribution is -2.33. The normalized spacial score (nSPS) is 12.2. The zero-order chi connectivity index (χ0) is 10.3. The summed E-state index contributed by atoms with van der Waals surface area (Å²) in [5, 5.41) is 0. The van der Waals surface area contributed by atoms with Gasteiger partial charge in [0.2, 0.25) is 5.91 Å². The van der Waals surface area contributed by atoms with Crippen molar-refractivity contribution in [1.29, 1.82) is 0 Å². The molecule has 0 aliphatic heterocycles. The van der Waals surface area contributed by atoms with Gasteiger partial charge in [0.05, 0.1) is 0 Å². The van der Waals surface area contributed by atoms with Crippen LogP contribution < -0.4 is 11.5 Å². The quantitative estimate of drug-likeness (QED) is 0.386. The fourth-order valence-corrected chi connectivity index (χ4v) is 0.760. The van der Waals surface area contributed by atoms with E-state index in [9.17, 15) is 9.59 Å². The van der Waals surface area contributed by atoms with E-state index in [2.05, 4.69) is 12.6 Å². The van der Waals surface area contributed by atoms with E-state index in [0.29, 0.717) is 5.75 Å². The Kier molecular flexibility index (Phi) is 6.34. The second-order valence-corrected chi connectivity index (χ2v) is 2.95. The molecule has 0 heterocycles. The molecular weight excluding hydrogens is 192 g/mol. The molecule has 0 radical (unpaired) electrons. The van der Waals surface area contributed by atoms with Gasteiger partial charge in [0.25, 0.3) is 0 Å². The lowest BCUT2D eigenvalue weighted by atomic mass is 10.1. The number of thiol groups is 1. The lowest BCUT2D eigenvalue weighted by Gasteiger charge is -2.09. The summed E-state index contributed by atoms with van der Waals surface area (Å²) >= 11 is 3.86. The van der Waals surface area contributed by atoms with Gasteiger partial charge in [0, 0.05) is 12.2 Å². The van der Waals surface area contributed by atoms with Crippen molar-refractivity contribution in [3.63, 3.8) is 0 Å². The van der Waals surface area contributed by atoms with Gasteiger partial charge in [-0.2, -0.15) is 12.6 Å². The minimum absolute atomic E-state index is 0.0944. The van der Waals surface area contributed by atoms with Crippen molar-refractivity contribution in [2.24, 2.45) is 11.5 Å². The maximum Gasteiger partial charge on any atom is 0.322 e. The minimum Gasteiger partial charge on any atom is -0.464 e. The third-order valence-corrected chi connectivity index (χ3v) is 1.52. The highest BCUT2D eigenvalue weighted by atomic mass is 32.1. The van der Waals surface area contributed by atoms with Crippen LogP contribution in [0.5, 0.6) is 0 Å². The molecule has 6 heteroatoms. The maximum absolute atomic E-state index is 11.0. The van der Waals surface area contributed by atoms with Gasteiger partial charge >= 0.3 is 5.97 Å². The van der Waals surface area contributed by atoms with Crippen molar-refractivity contribution in [3.8, 4) is 0 Å². The third kappa shape index (κ3) is 6.41. The van der Waals surface area contributed by atoms with Crippen molar-refractivity contribution >= 4 is 24.5 Å². The van der Waals surface area contributed by atoms with E-state index >= 15 is 0 Å². The average molecular weight is 206 g/mol. The van der Waals surface area contributed by atoms with Gasteiger partial charge in [-0.1, -0.05) is 0 Å². The van der Waals surface area contributed by atoms with Gasteiger partial charge in [0.1, 0.15) is 12.6 Å². The third-order valence-electron chi connectivity index (χ3n) is 1.34. The first-order valence-electron chi connectivity index (χ1n) is 3.89. The number of carbonyl (C=O) groups is 2. The summed E-state index contributed by atoms with van der Waals surface area (Å²) in [6.45, 7) is 0.228. The topological polar surface area (TPSA) is 95.4 Å². The fraction of sp³-hybridized carbons (Fsp3) is 0.714. The zero-order valence-corrected chi connectivity index (χ0v) is 8.13. The average Bonchev–Trinajstić information content (AvgIpc) is 2.10. The highest BCUT2D eigenvalue weighted by molar-refractivity contribution is 7.80. The molecule has 4 N–H and O–H groups in total. The molecule has 0 aliphatic carbocycles. The smallest absolute Gasteiger partial charge is 0.322 e. The number of amides is 1. The van der Waals surface area contributed by atoms with Gasteiger partial charge in [-0.15, -0.1) is 0 Å². The van der Waals surface area contributed by atoms with Gasteiger partial charge in [-0.05, 0) is 6.42 Å². The second-order valence-electron chi connectivity index (χ2n) is 2.50. The van der Waals surface area contributed by atoms with Crippen LogP contribution in [0.15, 0.2) is 0 Å². The summed E-state index contributed by atoms with van der Waals surface area (Å²) in [5.41, 5.74) is 10.3. The van der Waals surface area contributed by atoms with Crippen molar-refractivity contribution in [3.05, 3.63) is 0 Å². The number of rotatable bonds is 6. The van der Waals surface area contributed by atoms with Crippen LogP contribution in [0.2, 0.25) is 0 Å². The van der Waals surface area contributed by atoms with Crippen LogP contribution in [-0.4, -0.2) is 30.3 Å². The molecule has 0 aliphatic rings. The molecule has 0 bridgehead atoms. The van der Waals surface area contributed by atoms with E-state index in [1.165, 1.54) is 0 Å². The number of primary amides is 1. The van der Waals surface area contributed by atoms with Crippen LogP contribution in [0.4, 0.5) is 0 Å². The SMILES string of the molecule is NC(=O)CC[C@H](N)C(=O)OCCS. The van der Waals surface area contributed by atoms with Crippen molar-refractivity contribution in [1.82, 2.24) is 0 Å². The Balaban J connectivity index is 3.62. The van der Waals surface area contributed by atoms with Gasteiger partial charge in [-0.3, -0.25) is 9.59 Å². The molecule has 0 saturated heterocycles. The summed E-state index contributed by atoms with van der Waals surface area (Å²) < 4.78 is 4.69. The molecule has 13 heavy (non-hydrogen) atoms. The highest BCUT2D eigenvalue weighted by Gasteiger charge is 2.15. The number of hydrogen-bond acceptors (Lipinski definition) is 5. The summed E-state index contributed by atoms with van der Waals surface area (Å²) in [7, 11) is 0. The Labute approximate surface area is 82.2 Å². The molecule has 0 aromatic carbocycles. The molecule has 76 valence electrons. The van der Waals surface area contributed by atoms with Gasteiger partial charge in [0.15, 0.2) is 0 Å². The van der Waals surface area contributed by atoms with Gasteiger partial charge in [-0.25, -0.2) is 0 Å². The molecule has 1 atom stereocenters. The number of hydrogen-bond donors (Lipinski definition) is 3. The number of ether oxygens (including phenoxy) is 1. The van der Waals surface area contributed by atoms with E-state index in [1.807, 2.05) is 0 Å². The summed E-state index contributed by atoms with van der Waals surface area (Å²) in [6, 6.07) is -0.771. The zero-order valence-electron chi connectivity index (χ0n) is 7.23. The Morgan fingerprint density at radius 1 is 1.46 bits per heavy atom. The summed E-state index contributed by atoms with van der Waals surface area (Å²) in [5.74, 6) is -0.540. The molecule has 0 saturated carbocycles. The molecule has 5 nitrogen and oxygen atoms in total. The largest absolute Gasteiger partial charge is 0.464 e. The molecule has 0 unspecified atom stereocenters. The van der Waals surface area contributed by atoms with Crippen LogP contribution in [-0.2, 0) is 14.3 Å². The van der Waals surface area contributed by atoms with Crippen LogP contribution in [0.25, 0.3) is 0 Å². The predicted molar refractivity (Wildman–Crippen MR) is 51.2 cm³/mol. The van der Waals surface area contributed by atoms with Crippen molar-refractivity contribution < 1.29 is 14.3 Å². The first kappa shape index (κ1) is 12.2. The summed E-state index contributed by atoms with van der Waals surface area (Å²) in [4.78, 5) is 21.3. The monoisotopic (exact) mass is 206 g/mol. The van der Waals surface area contributed by atoms with Gasteiger partial charge < -0.3 is 16.2 Å². The predicted octanol–water partition coefficient (Wildman–Crippen LogP) is -0.948. The first-order chi connectivity index (χ1) is 6.07. The Morgan fingerprint density at radius 2 is 2.08 bits per heavy atom. The summed E-state index contributed by atoms with van der Waals surface area (Å²) in [6.07, 6.45) is 0.317. The second kappa shape index (κ2) is 6.73. The van der Waals surface area contributed by atoms with E-state index in [1.54, 1.807) is 0 Å². The van der Waals surface area contributed by atoms with Crippen LogP contribution in [0.3, 0.4) is 0 Å². The number of esters is 1. The highest BCUT2D eigenvalue weighted by Crippen LogP contribution is 1.96. The fourth-order valence-electron chi connectivity index (χ4n) is 0.669. The molecule has 0 fully saturated rings. The van der Waals surface area contributed by atoms with Crippen LogP contribution in [0.1, 0.15) is 12.8 Å². The molecule has 0 aromatic heterocycles. The van der Waals surface area contributed by atoms with Crippen molar-refractivity contribution in [2.75, 3.05) is 12.4 Å². The Bertz CT molecular complexity index is 187. The molecular formula is C7H14N2O3S. The van der Waals surface area contributed by atoms with E-state index < -0.39 is 17.9 Å². The maximum atomic E-state index is 11.0. The van der Waals surface area contributed by atoms with E-state index in [0.717, 1.165) is 0 Å². The van der Waals surface area contributed by atoms with Crippen LogP contribution >= 0.6 is 12.6 Å². The van der Waals surface area contributed by atoms with Crippen LogP contribution in [0, 0.1) is 0 Å². The molecule has 0 spiro atoms. The molecule has 1 amide bonds. The Hall–Kier alpha value is -0.750. The number of carbonyl (C=O) groups excluding carboxylic acids is 2. The number of nitrogens with two attached hydrogens (primary N) is 2.